The van der Waals surface area contributed by atoms with E-state index in [4.69, 9.17) is 4.74 Å². The number of methoxy groups -OCH3 is 1. The fraction of sp³-hybridized carbons (Fsp3) is 0.182. The van der Waals surface area contributed by atoms with Crippen LogP contribution >= 0.6 is 0 Å². The molecule has 1 atom stereocenters. The molecule has 0 unspecified atom stereocenters. The van der Waals surface area contributed by atoms with Crippen LogP contribution in [0.4, 0.5) is 10.1 Å². The van der Waals surface area contributed by atoms with Gasteiger partial charge < -0.3 is 4.74 Å². The van der Waals surface area contributed by atoms with Crippen molar-refractivity contribution in [2.45, 2.75) is 24.8 Å². The largest absolute Gasteiger partial charge is 0.497 e. The second-order valence-corrected chi connectivity index (χ2v) is 8.25. The van der Waals surface area contributed by atoms with Crippen molar-refractivity contribution in [3.05, 3.63) is 89.7 Å². The van der Waals surface area contributed by atoms with Gasteiger partial charge in [0.1, 0.15) is 11.6 Å². The molecule has 0 aliphatic carbocycles. The van der Waals surface area contributed by atoms with Crippen LogP contribution in [0, 0.1) is 12.7 Å². The first-order valence-electron chi connectivity index (χ1n) is 8.85. The number of nitrogens with zero attached hydrogens (tertiary/aromatic N) is 1. The predicted molar refractivity (Wildman–Crippen MR) is 109 cm³/mol. The van der Waals surface area contributed by atoms with Gasteiger partial charge in [0.15, 0.2) is 0 Å². The van der Waals surface area contributed by atoms with E-state index in [1.165, 1.54) is 17.5 Å². The van der Waals surface area contributed by atoms with Gasteiger partial charge in [0.2, 0.25) is 0 Å². The highest BCUT2D eigenvalue weighted by atomic mass is 32.2. The molecule has 0 amide bonds. The minimum Gasteiger partial charge on any atom is -0.497 e. The van der Waals surface area contributed by atoms with Crippen LogP contribution in [0.2, 0.25) is 0 Å². The monoisotopic (exact) mass is 399 g/mol. The van der Waals surface area contributed by atoms with Crippen molar-refractivity contribution in [1.29, 1.82) is 0 Å². The molecule has 0 N–H and O–H groups in total. The van der Waals surface area contributed by atoms with Crippen LogP contribution in [0.3, 0.4) is 0 Å². The van der Waals surface area contributed by atoms with E-state index in [0.717, 1.165) is 0 Å². The highest BCUT2D eigenvalue weighted by Crippen LogP contribution is 2.36. The number of hydrogen-bond donors (Lipinski definition) is 0. The van der Waals surface area contributed by atoms with Gasteiger partial charge in [-0.1, -0.05) is 42.5 Å². The van der Waals surface area contributed by atoms with Crippen LogP contribution in [0.25, 0.3) is 0 Å². The minimum atomic E-state index is -3.96. The van der Waals surface area contributed by atoms with Gasteiger partial charge in [0.25, 0.3) is 10.0 Å². The third kappa shape index (κ3) is 3.73. The Kier molecular flexibility index (Phi) is 5.70. The Morgan fingerprint density at radius 3 is 2.32 bits per heavy atom. The molecule has 4 nitrogen and oxygen atoms in total. The zero-order valence-corrected chi connectivity index (χ0v) is 16.8. The third-order valence-corrected chi connectivity index (χ3v) is 6.70. The quantitative estimate of drug-likeness (QED) is 0.579. The second-order valence-electron chi connectivity index (χ2n) is 6.47. The van der Waals surface area contributed by atoms with E-state index in [0.29, 0.717) is 22.6 Å². The molecule has 0 fully saturated rings. The number of ether oxygens (including phenoxy) is 1. The smallest absolute Gasteiger partial charge is 0.265 e. The third-order valence-electron chi connectivity index (χ3n) is 4.65. The summed E-state index contributed by atoms with van der Waals surface area (Å²) < 4.78 is 48.3. The average molecular weight is 399 g/mol. The molecule has 0 aliphatic heterocycles. The molecule has 0 saturated carbocycles. The predicted octanol–water partition coefficient (Wildman–Crippen LogP) is 5.10. The van der Waals surface area contributed by atoms with Crippen molar-refractivity contribution in [2.75, 3.05) is 11.4 Å². The summed E-state index contributed by atoms with van der Waals surface area (Å²) in [6.07, 6.45) is 0. The van der Waals surface area contributed by atoms with Crippen LogP contribution in [0.15, 0.2) is 77.7 Å². The highest BCUT2D eigenvalue weighted by molar-refractivity contribution is 7.92. The number of rotatable bonds is 6. The SMILES string of the molecule is COc1cccc(N([C@@H](C)c2ccccc2F)S(=O)(=O)c2ccccc2C)c1. The summed E-state index contributed by atoms with van der Waals surface area (Å²) in [5.41, 5.74) is 1.32. The molecule has 3 aromatic rings. The number of halogens is 1. The van der Waals surface area contributed by atoms with E-state index >= 15 is 0 Å². The Labute approximate surface area is 165 Å². The van der Waals surface area contributed by atoms with E-state index in [1.54, 1.807) is 80.6 Å². The Hall–Kier alpha value is -2.86. The lowest BCUT2D eigenvalue weighted by molar-refractivity contribution is 0.415. The standard InChI is InChI=1S/C22H22FNO3S/c1-16-9-4-7-14-22(16)28(25,26)24(18-10-8-11-19(15-18)27-3)17(2)20-12-5-6-13-21(20)23/h4-15,17H,1-3H3/t17-/m0/s1. The van der Waals surface area contributed by atoms with Crippen LogP contribution in [-0.2, 0) is 10.0 Å². The first-order valence-corrected chi connectivity index (χ1v) is 10.3. The lowest BCUT2D eigenvalue weighted by atomic mass is 10.1. The zero-order chi connectivity index (χ0) is 20.3. The Balaban J connectivity index is 2.23. The van der Waals surface area contributed by atoms with Gasteiger partial charge in [0.05, 0.1) is 23.7 Å². The van der Waals surface area contributed by atoms with Gasteiger partial charge in [-0.2, -0.15) is 0 Å². The van der Waals surface area contributed by atoms with Crippen LogP contribution < -0.4 is 9.04 Å². The average Bonchev–Trinajstić information content (AvgIpc) is 2.68. The van der Waals surface area contributed by atoms with Gasteiger partial charge >= 0.3 is 0 Å². The van der Waals surface area contributed by atoms with Crippen LogP contribution in [0.5, 0.6) is 5.75 Å². The fourth-order valence-electron chi connectivity index (χ4n) is 3.21. The molecule has 3 rings (SSSR count). The van der Waals surface area contributed by atoms with E-state index in [9.17, 15) is 12.8 Å². The Morgan fingerprint density at radius 2 is 1.64 bits per heavy atom. The fourth-order valence-corrected chi connectivity index (χ4v) is 5.07. The lowest BCUT2D eigenvalue weighted by Crippen LogP contribution is -2.34. The topological polar surface area (TPSA) is 46.6 Å². The molecular weight excluding hydrogens is 377 g/mol. The Bertz CT molecular complexity index is 1080. The van der Waals surface area contributed by atoms with E-state index in [1.807, 2.05) is 0 Å². The maximum atomic E-state index is 14.5. The molecule has 0 heterocycles. The molecule has 0 aliphatic rings. The molecule has 0 saturated heterocycles. The van der Waals surface area contributed by atoms with Gasteiger partial charge in [-0.05, 0) is 43.7 Å². The van der Waals surface area contributed by atoms with Gasteiger partial charge in [-0.25, -0.2) is 12.8 Å². The first kappa shape index (κ1) is 19.9. The lowest BCUT2D eigenvalue weighted by Gasteiger charge is -2.31. The molecular formula is C22H22FNO3S. The summed E-state index contributed by atoms with van der Waals surface area (Å²) in [6, 6.07) is 18.9. The number of sulfonamides is 1. The zero-order valence-electron chi connectivity index (χ0n) is 16.0. The van der Waals surface area contributed by atoms with Gasteiger partial charge in [-0.3, -0.25) is 4.31 Å². The number of benzene rings is 3. The normalized spacial score (nSPS) is 12.4. The summed E-state index contributed by atoms with van der Waals surface area (Å²) in [4.78, 5) is 0.181. The molecule has 0 aromatic heterocycles. The van der Waals surface area contributed by atoms with E-state index in [2.05, 4.69) is 0 Å². The molecule has 0 spiro atoms. The van der Waals surface area contributed by atoms with Crippen molar-refractivity contribution in [3.8, 4) is 5.75 Å². The van der Waals surface area contributed by atoms with E-state index in [-0.39, 0.29) is 4.90 Å². The number of anilines is 1. The summed E-state index contributed by atoms with van der Waals surface area (Å²) in [6.45, 7) is 3.41. The summed E-state index contributed by atoms with van der Waals surface area (Å²) in [5.74, 6) is 0.0612. The van der Waals surface area contributed by atoms with Crippen LogP contribution in [-0.4, -0.2) is 15.5 Å². The Morgan fingerprint density at radius 1 is 0.964 bits per heavy atom. The second kappa shape index (κ2) is 8.02. The molecule has 0 bridgehead atoms. The summed E-state index contributed by atoms with van der Waals surface area (Å²) in [5, 5.41) is 0. The number of hydrogen-bond acceptors (Lipinski definition) is 3. The van der Waals surface area contributed by atoms with Crippen molar-refractivity contribution >= 4 is 15.7 Å². The molecule has 0 radical (unpaired) electrons. The molecule has 3 aromatic carbocycles. The van der Waals surface area contributed by atoms with Crippen molar-refractivity contribution in [2.24, 2.45) is 0 Å². The maximum Gasteiger partial charge on any atom is 0.265 e. The minimum absolute atomic E-state index is 0.181. The van der Waals surface area contributed by atoms with Gasteiger partial charge in [0, 0.05) is 11.6 Å². The van der Waals surface area contributed by atoms with Crippen molar-refractivity contribution < 1.29 is 17.5 Å². The van der Waals surface area contributed by atoms with E-state index < -0.39 is 21.9 Å². The van der Waals surface area contributed by atoms with Gasteiger partial charge in [-0.15, -0.1) is 0 Å². The summed E-state index contributed by atoms with van der Waals surface area (Å²) in [7, 11) is -2.45. The summed E-state index contributed by atoms with van der Waals surface area (Å²) >= 11 is 0. The van der Waals surface area contributed by atoms with Crippen molar-refractivity contribution in [1.82, 2.24) is 0 Å². The molecule has 28 heavy (non-hydrogen) atoms. The maximum absolute atomic E-state index is 14.5. The molecule has 146 valence electrons. The molecule has 6 heteroatoms. The van der Waals surface area contributed by atoms with Crippen molar-refractivity contribution in [3.63, 3.8) is 0 Å². The highest BCUT2D eigenvalue weighted by Gasteiger charge is 2.32. The number of aryl methyl sites for hydroxylation is 1. The first-order chi connectivity index (χ1) is 13.4. The van der Waals surface area contributed by atoms with Crippen LogP contribution in [0.1, 0.15) is 24.1 Å².